The zero-order valence-electron chi connectivity index (χ0n) is 10.8. The van der Waals surface area contributed by atoms with Crippen molar-refractivity contribution in [1.82, 2.24) is 5.32 Å². The maximum Gasteiger partial charge on any atom is 0.258 e. The van der Waals surface area contributed by atoms with Gasteiger partial charge in [-0.3, -0.25) is 4.79 Å². The summed E-state index contributed by atoms with van der Waals surface area (Å²) in [5, 5.41) is 2.80. The normalized spacial score (nSPS) is 10.1. The summed E-state index contributed by atoms with van der Waals surface area (Å²) in [5.74, 6) is 0.461. The molecule has 3 N–H and O–H groups in total. The molecule has 0 spiro atoms. The van der Waals surface area contributed by atoms with E-state index in [-0.39, 0.29) is 12.5 Å². The van der Waals surface area contributed by atoms with Gasteiger partial charge >= 0.3 is 0 Å². The zero-order chi connectivity index (χ0) is 14.4. The molecule has 0 radical (unpaired) electrons. The van der Waals surface area contributed by atoms with Crippen molar-refractivity contribution in [2.75, 3.05) is 12.3 Å². The Balaban J connectivity index is 1.75. The van der Waals surface area contributed by atoms with Crippen molar-refractivity contribution in [2.24, 2.45) is 0 Å². The van der Waals surface area contributed by atoms with Crippen molar-refractivity contribution in [3.63, 3.8) is 0 Å². The molecular formula is C15H15BrN2O2. The maximum absolute atomic E-state index is 11.7. The van der Waals surface area contributed by atoms with Crippen molar-refractivity contribution in [3.8, 4) is 5.75 Å². The van der Waals surface area contributed by atoms with E-state index in [0.717, 1.165) is 10.0 Å². The molecule has 0 bridgehead atoms. The summed E-state index contributed by atoms with van der Waals surface area (Å²) in [6.45, 7) is 0.470. The monoisotopic (exact) mass is 334 g/mol. The second-order valence-corrected chi connectivity index (χ2v) is 5.18. The molecule has 0 unspecified atom stereocenters. The Morgan fingerprint density at radius 2 is 1.75 bits per heavy atom. The molecule has 104 valence electrons. The van der Waals surface area contributed by atoms with Crippen LogP contribution in [0.3, 0.4) is 0 Å². The number of benzene rings is 2. The van der Waals surface area contributed by atoms with Crippen molar-refractivity contribution in [3.05, 3.63) is 58.6 Å². The molecule has 2 rings (SSSR count). The van der Waals surface area contributed by atoms with E-state index >= 15 is 0 Å². The second kappa shape index (κ2) is 6.96. The molecule has 0 aromatic heterocycles. The van der Waals surface area contributed by atoms with E-state index < -0.39 is 0 Å². The number of halogens is 1. The largest absolute Gasteiger partial charge is 0.484 e. The van der Waals surface area contributed by atoms with Gasteiger partial charge < -0.3 is 15.8 Å². The van der Waals surface area contributed by atoms with Gasteiger partial charge in [0.25, 0.3) is 5.91 Å². The quantitative estimate of drug-likeness (QED) is 0.826. The highest BCUT2D eigenvalue weighted by molar-refractivity contribution is 9.10. The molecule has 0 heterocycles. The molecule has 1 amide bonds. The lowest BCUT2D eigenvalue weighted by molar-refractivity contribution is -0.123. The van der Waals surface area contributed by atoms with Gasteiger partial charge in [-0.15, -0.1) is 0 Å². The fourth-order valence-corrected chi connectivity index (χ4v) is 1.83. The first-order valence-corrected chi connectivity index (χ1v) is 6.92. The number of amides is 1. The SMILES string of the molecule is Nc1ccc(OCC(=O)NCc2ccc(Br)cc2)cc1. The first-order valence-electron chi connectivity index (χ1n) is 6.13. The minimum atomic E-state index is -0.162. The van der Waals surface area contributed by atoms with Crippen LogP contribution < -0.4 is 15.8 Å². The molecule has 0 aliphatic rings. The van der Waals surface area contributed by atoms with Crippen molar-refractivity contribution < 1.29 is 9.53 Å². The number of rotatable bonds is 5. The topological polar surface area (TPSA) is 64.3 Å². The van der Waals surface area contributed by atoms with E-state index in [1.54, 1.807) is 24.3 Å². The van der Waals surface area contributed by atoms with E-state index in [2.05, 4.69) is 21.2 Å². The van der Waals surface area contributed by atoms with Crippen LogP contribution >= 0.6 is 15.9 Å². The molecule has 5 heteroatoms. The Morgan fingerprint density at radius 3 is 2.40 bits per heavy atom. The van der Waals surface area contributed by atoms with Gasteiger partial charge in [0.15, 0.2) is 6.61 Å². The van der Waals surface area contributed by atoms with Crippen LogP contribution in [0.25, 0.3) is 0 Å². The summed E-state index contributed by atoms with van der Waals surface area (Å²) < 4.78 is 6.37. The van der Waals surface area contributed by atoms with E-state index in [0.29, 0.717) is 18.0 Å². The average molecular weight is 335 g/mol. The Bertz CT molecular complexity index is 516. The van der Waals surface area contributed by atoms with Gasteiger partial charge in [-0.2, -0.15) is 0 Å². The van der Waals surface area contributed by atoms with E-state index in [1.165, 1.54) is 0 Å². The summed E-state index contributed by atoms with van der Waals surface area (Å²) in [4.78, 5) is 11.7. The van der Waals surface area contributed by atoms with Crippen LogP contribution in [0.2, 0.25) is 0 Å². The van der Waals surface area contributed by atoms with Crippen LogP contribution in [-0.4, -0.2) is 12.5 Å². The standard InChI is InChI=1S/C15H15BrN2O2/c16-12-3-1-11(2-4-12)9-18-15(19)10-20-14-7-5-13(17)6-8-14/h1-8H,9-10,17H2,(H,18,19). The Labute approximate surface area is 126 Å². The number of hydrogen-bond acceptors (Lipinski definition) is 3. The van der Waals surface area contributed by atoms with E-state index in [4.69, 9.17) is 10.5 Å². The van der Waals surface area contributed by atoms with Crippen LogP contribution in [-0.2, 0) is 11.3 Å². The predicted octanol–water partition coefficient (Wildman–Crippen LogP) is 2.73. The first kappa shape index (κ1) is 14.4. The lowest BCUT2D eigenvalue weighted by Crippen LogP contribution is -2.28. The van der Waals surface area contributed by atoms with E-state index in [1.807, 2.05) is 24.3 Å². The molecule has 0 fully saturated rings. The second-order valence-electron chi connectivity index (χ2n) is 4.26. The highest BCUT2D eigenvalue weighted by Gasteiger charge is 2.03. The minimum absolute atomic E-state index is 0.0134. The molecule has 20 heavy (non-hydrogen) atoms. The van der Waals surface area contributed by atoms with Gasteiger partial charge in [0.05, 0.1) is 0 Å². The fraction of sp³-hybridized carbons (Fsp3) is 0.133. The van der Waals surface area contributed by atoms with Crippen LogP contribution in [0, 0.1) is 0 Å². The molecule has 0 atom stereocenters. The molecule has 0 aliphatic heterocycles. The van der Waals surface area contributed by atoms with Crippen LogP contribution in [0.4, 0.5) is 5.69 Å². The van der Waals surface area contributed by atoms with Gasteiger partial charge in [0.2, 0.25) is 0 Å². The Kier molecular flexibility index (Phi) is 5.01. The number of carbonyl (C=O) groups is 1. The summed E-state index contributed by atoms with van der Waals surface area (Å²) >= 11 is 3.37. The number of anilines is 1. The maximum atomic E-state index is 11.7. The Morgan fingerprint density at radius 1 is 1.10 bits per heavy atom. The van der Waals surface area contributed by atoms with Crippen molar-refractivity contribution in [2.45, 2.75) is 6.54 Å². The van der Waals surface area contributed by atoms with E-state index in [9.17, 15) is 4.79 Å². The highest BCUT2D eigenvalue weighted by Crippen LogP contribution is 2.13. The molecule has 0 aliphatic carbocycles. The van der Waals surface area contributed by atoms with Crippen molar-refractivity contribution in [1.29, 1.82) is 0 Å². The van der Waals surface area contributed by atoms with Crippen molar-refractivity contribution >= 4 is 27.5 Å². The molecule has 4 nitrogen and oxygen atoms in total. The van der Waals surface area contributed by atoms with Gasteiger partial charge in [0, 0.05) is 16.7 Å². The summed E-state index contributed by atoms with van der Waals surface area (Å²) in [6.07, 6.45) is 0. The van der Waals surface area contributed by atoms with Gasteiger partial charge in [-0.25, -0.2) is 0 Å². The number of nitrogens with two attached hydrogens (primary N) is 1. The number of carbonyl (C=O) groups excluding carboxylic acids is 1. The number of nitrogens with one attached hydrogen (secondary N) is 1. The van der Waals surface area contributed by atoms with Crippen LogP contribution in [0.1, 0.15) is 5.56 Å². The van der Waals surface area contributed by atoms with Gasteiger partial charge in [0.1, 0.15) is 5.75 Å². The first-order chi connectivity index (χ1) is 9.63. The predicted molar refractivity (Wildman–Crippen MR) is 82.3 cm³/mol. The third-order valence-electron chi connectivity index (χ3n) is 2.65. The summed E-state index contributed by atoms with van der Waals surface area (Å²) in [7, 11) is 0. The fourth-order valence-electron chi connectivity index (χ4n) is 1.57. The average Bonchev–Trinajstić information content (AvgIpc) is 2.46. The Hall–Kier alpha value is -2.01. The molecule has 0 saturated carbocycles. The smallest absolute Gasteiger partial charge is 0.258 e. The zero-order valence-corrected chi connectivity index (χ0v) is 12.4. The highest BCUT2D eigenvalue weighted by atomic mass is 79.9. The summed E-state index contributed by atoms with van der Waals surface area (Å²) in [6, 6.07) is 14.7. The molecule has 2 aromatic rings. The summed E-state index contributed by atoms with van der Waals surface area (Å²) in [5.41, 5.74) is 7.27. The van der Waals surface area contributed by atoms with Crippen LogP contribution in [0.5, 0.6) is 5.75 Å². The number of hydrogen-bond donors (Lipinski definition) is 2. The number of nitrogen functional groups attached to an aromatic ring is 1. The third-order valence-corrected chi connectivity index (χ3v) is 3.18. The van der Waals surface area contributed by atoms with Gasteiger partial charge in [-0.05, 0) is 42.0 Å². The van der Waals surface area contributed by atoms with Crippen LogP contribution in [0.15, 0.2) is 53.0 Å². The molecule has 2 aromatic carbocycles. The minimum Gasteiger partial charge on any atom is -0.484 e. The van der Waals surface area contributed by atoms with Gasteiger partial charge in [-0.1, -0.05) is 28.1 Å². The lowest BCUT2D eigenvalue weighted by Gasteiger charge is -2.08. The number of ether oxygens (including phenoxy) is 1. The molecule has 0 saturated heterocycles. The molecular weight excluding hydrogens is 320 g/mol. The lowest BCUT2D eigenvalue weighted by atomic mass is 10.2. The third kappa shape index (κ3) is 4.59.